The van der Waals surface area contributed by atoms with E-state index >= 15 is 0 Å². The molecule has 0 fully saturated rings. The van der Waals surface area contributed by atoms with E-state index in [0.29, 0.717) is 11.4 Å². The third-order valence-electron chi connectivity index (χ3n) is 3.09. The van der Waals surface area contributed by atoms with Crippen LogP contribution in [0.1, 0.15) is 17.5 Å². The lowest BCUT2D eigenvalue weighted by molar-refractivity contribution is -0.123. The molecule has 0 aromatic heterocycles. The van der Waals surface area contributed by atoms with Crippen LogP contribution in [0.15, 0.2) is 42.5 Å². The number of aryl methyl sites for hydroxylation is 2. The summed E-state index contributed by atoms with van der Waals surface area (Å²) < 4.78 is 13.0. The fourth-order valence-electron chi connectivity index (χ4n) is 2.07. The molecule has 0 aliphatic rings. The number of anilines is 2. The first-order valence-corrected chi connectivity index (χ1v) is 6.86. The molecule has 2 amide bonds. The van der Waals surface area contributed by atoms with Gasteiger partial charge in [0.25, 0.3) is 0 Å². The summed E-state index contributed by atoms with van der Waals surface area (Å²) in [5.74, 6) is -1.36. The number of carbonyl (C=O) groups is 2. The predicted molar refractivity (Wildman–Crippen MR) is 84.2 cm³/mol. The first-order valence-electron chi connectivity index (χ1n) is 6.86. The molecule has 0 radical (unpaired) electrons. The van der Waals surface area contributed by atoms with E-state index in [1.54, 1.807) is 12.1 Å². The fraction of sp³-hybridized carbons (Fsp3) is 0.176. The monoisotopic (exact) mass is 300 g/mol. The normalized spacial score (nSPS) is 10.1. The summed E-state index contributed by atoms with van der Waals surface area (Å²) >= 11 is 0. The van der Waals surface area contributed by atoms with Crippen LogP contribution < -0.4 is 10.6 Å². The van der Waals surface area contributed by atoms with Crippen LogP contribution in [0.5, 0.6) is 0 Å². The Balaban J connectivity index is 1.92. The number of amides is 2. The Hall–Kier alpha value is -2.69. The van der Waals surface area contributed by atoms with Gasteiger partial charge in [-0.1, -0.05) is 23.8 Å². The fourth-order valence-corrected chi connectivity index (χ4v) is 2.07. The molecule has 0 aliphatic heterocycles. The Morgan fingerprint density at radius 3 is 2.41 bits per heavy atom. The minimum Gasteiger partial charge on any atom is -0.326 e. The zero-order chi connectivity index (χ0) is 16.1. The lowest BCUT2D eigenvalue weighted by atomic mass is 10.1. The third-order valence-corrected chi connectivity index (χ3v) is 3.09. The van der Waals surface area contributed by atoms with Gasteiger partial charge in [-0.2, -0.15) is 0 Å². The van der Waals surface area contributed by atoms with E-state index in [2.05, 4.69) is 10.6 Å². The average molecular weight is 300 g/mol. The Kier molecular flexibility index (Phi) is 4.88. The van der Waals surface area contributed by atoms with E-state index in [1.165, 1.54) is 18.2 Å². The zero-order valence-corrected chi connectivity index (χ0v) is 12.4. The number of nitrogens with one attached hydrogen (secondary N) is 2. The SMILES string of the molecule is Cc1ccc(NC(=O)CC(=O)Nc2cccc(F)c2)c(C)c1. The van der Waals surface area contributed by atoms with E-state index in [0.717, 1.165) is 11.1 Å². The molecular weight excluding hydrogens is 283 g/mol. The molecule has 0 saturated heterocycles. The summed E-state index contributed by atoms with van der Waals surface area (Å²) in [4.78, 5) is 23.6. The third kappa shape index (κ3) is 4.41. The van der Waals surface area contributed by atoms with Crippen molar-refractivity contribution in [3.05, 3.63) is 59.4 Å². The summed E-state index contributed by atoms with van der Waals surface area (Å²) in [6.45, 7) is 3.85. The van der Waals surface area contributed by atoms with Gasteiger partial charge in [0.1, 0.15) is 12.2 Å². The van der Waals surface area contributed by atoms with Gasteiger partial charge in [0.2, 0.25) is 11.8 Å². The molecule has 5 heteroatoms. The molecule has 0 spiro atoms. The standard InChI is InChI=1S/C17H17FN2O2/c1-11-6-7-15(12(2)8-11)20-17(22)10-16(21)19-14-5-3-4-13(18)9-14/h3-9H,10H2,1-2H3,(H,19,21)(H,20,22). The van der Waals surface area contributed by atoms with Gasteiger partial charge in [-0.05, 0) is 43.7 Å². The van der Waals surface area contributed by atoms with Gasteiger partial charge in [0.05, 0.1) is 0 Å². The van der Waals surface area contributed by atoms with Crippen molar-refractivity contribution in [1.82, 2.24) is 0 Å². The summed E-state index contributed by atoms with van der Waals surface area (Å²) in [6, 6.07) is 11.1. The minimum atomic E-state index is -0.493. The highest BCUT2D eigenvalue weighted by atomic mass is 19.1. The summed E-state index contributed by atoms with van der Waals surface area (Å²) in [5.41, 5.74) is 3.02. The molecule has 0 unspecified atom stereocenters. The number of rotatable bonds is 4. The molecular formula is C17H17FN2O2. The van der Waals surface area contributed by atoms with Crippen molar-refractivity contribution in [3.8, 4) is 0 Å². The first kappa shape index (κ1) is 15.7. The largest absolute Gasteiger partial charge is 0.326 e. The van der Waals surface area contributed by atoms with Gasteiger partial charge >= 0.3 is 0 Å². The summed E-state index contributed by atoms with van der Waals surface area (Å²) in [6.07, 6.45) is -0.330. The summed E-state index contributed by atoms with van der Waals surface area (Å²) in [7, 11) is 0. The molecule has 2 aromatic carbocycles. The Bertz CT molecular complexity index is 714. The van der Waals surface area contributed by atoms with Crippen molar-refractivity contribution in [2.45, 2.75) is 20.3 Å². The van der Waals surface area contributed by atoms with Crippen molar-refractivity contribution in [1.29, 1.82) is 0 Å². The highest BCUT2D eigenvalue weighted by molar-refractivity contribution is 6.08. The minimum absolute atomic E-state index is 0.323. The first-order chi connectivity index (χ1) is 10.4. The van der Waals surface area contributed by atoms with Crippen LogP contribution in [0.25, 0.3) is 0 Å². The van der Waals surface area contributed by atoms with Gasteiger partial charge in [-0.3, -0.25) is 9.59 Å². The van der Waals surface area contributed by atoms with Crippen molar-refractivity contribution in [2.75, 3.05) is 10.6 Å². The number of halogens is 1. The van der Waals surface area contributed by atoms with E-state index in [-0.39, 0.29) is 6.42 Å². The molecule has 0 saturated carbocycles. The maximum absolute atomic E-state index is 13.0. The topological polar surface area (TPSA) is 58.2 Å². The molecule has 0 atom stereocenters. The molecule has 0 heterocycles. The zero-order valence-electron chi connectivity index (χ0n) is 12.4. The van der Waals surface area contributed by atoms with E-state index in [9.17, 15) is 14.0 Å². The van der Waals surface area contributed by atoms with E-state index in [1.807, 2.05) is 26.0 Å². The van der Waals surface area contributed by atoms with E-state index in [4.69, 9.17) is 0 Å². The van der Waals surface area contributed by atoms with Gasteiger partial charge in [-0.15, -0.1) is 0 Å². The maximum Gasteiger partial charge on any atom is 0.233 e. The van der Waals surface area contributed by atoms with Crippen LogP contribution in [0.3, 0.4) is 0 Å². The number of carbonyl (C=O) groups excluding carboxylic acids is 2. The molecule has 114 valence electrons. The molecule has 22 heavy (non-hydrogen) atoms. The smallest absolute Gasteiger partial charge is 0.233 e. The molecule has 0 aliphatic carbocycles. The predicted octanol–water partition coefficient (Wildman–Crippen LogP) is 3.41. The molecule has 2 aromatic rings. The number of hydrogen-bond acceptors (Lipinski definition) is 2. The van der Waals surface area contributed by atoms with Crippen LogP contribution in [0, 0.1) is 19.7 Å². The Morgan fingerprint density at radius 1 is 1.00 bits per heavy atom. The second-order valence-corrected chi connectivity index (χ2v) is 5.10. The van der Waals surface area contributed by atoms with Crippen molar-refractivity contribution in [3.63, 3.8) is 0 Å². The highest BCUT2D eigenvalue weighted by Gasteiger charge is 2.11. The van der Waals surface area contributed by atoms with Crippen molar-refractivity contribution >= 4 is 23.2 Å². The van der Waals surface area contributed by atoms with Crippen molar-refractivity contribution in [2.24, 2.45) is 0 Å². The second-order valence-electron chi connectivity index (χ2n) is 5.10. The quantitative estimate of drug-likeness (QED) is 0.850. The molecule has 4 nitrogen and oxygen atoms in total. The van der Waals surface area contributed by atoms with Gasteiger partial charge < -0.3 is 10.6 Å². The van der Waals surface area contributed by atoms with Crippen LogP contribution in [0.4, 0.5) is 15.8 Å². The maximum atomic E-state index is 13.0. The number of benzene rings is 2. The van der Waals surface area contributed by atoms with Gasteiger partial charge in [0.15, 0.2) is 0 Å². The number of hydrogen-bond donors (Lipinski definition) is 2. The Morgan fingerprint density at radius 2 is 1.73 bits per heavy atom. The van der Waals surface area contributed by atoms with Crippen LogP contribution in [-0.4, -0.2) is 11.8 Å². The van der Waals surface area contributed by atoms with Crippen molar-refractivity contribution < 1.29 is 14.0 Å². The van der Waals surface area contributed by atoms with Crippen LogP contribution in [0.2, 0.25) is 0 Å². The van der Waals surface area contributed by atoms with Crippen LogP contribution in [-0.2, 0) is 9.59 Å². The lowest BCUT2D eigenvalue weighted by Gasteiger charge is -2.09. The average Bonchev–Trinajstić information content (AvgIpc) is 2.41. The van der Waals surface area contributed by atoms with E-state index < -0.39 is 17.6 Å². The molecule has 2 N–H and O–H groups in total. The van der Waals surface area contributed by atoms with Gasteiger partial charge in [0, 0.05) is 11.4 Å². The highest BCUT2D eigenvalue weighted by Crippen LogP contribution is 2.16. The van der Waals surface area contributed by atoms with Gasteiger partial charge in [-0.25, -0.2) is 4.39 Å². The lowest BCUT2D eigenvalue weighted by Crippen LogP contribution is -2.21. The second kappa shape index (κ2) is 6.85. The molecule has 0 bridgehead atoms. The summed E-state index contributed by atoms with van der Waals surface area (Å²) in [5, 5.41) is 5.18. The van der Waals surface area contributed by atoms with Crippen LogP contribution >= 0.6 is 0 Å². The Labute approximate surface area is 128 Å². The molecule has 2 rings (SSSR count).